The van der Waals surface area contributed by atoms with Crippen molar-refractivity contribution in [3.63, 3.8) is 0 Å². The molecule has 0 heterocycles. The lowest BCUT2D eigenvalue weighted by molar-refractivity contribution is -0.233. The van der Waals surface area contributed by atoms with Crippen molar-refractivity contribution >= 4 is 5.97 Å². The fourth-order valence-electron chi connectivity index (χ4n) is 1.65. The second-order valence-corrected chi connectivity index (χ2v) is 6.15. The molecule has 1 atom stereocenters. The van der Waals surface area contributed by atoms with Gasteiger partial charge in [0.2, 0.25) is 0 Å². The van der Waals surface area contributed by atoms with E-state index in [-0.39, 0.29) is 25.4 Å². The van der Waals surface area contributed by atoms with Gasteiger partial charge in [0.25, 0.3) is 0 Å². The summed E-state index contributed by atoms with van der Waals surface area (Å²) in [6.45, 7) is 6.60. The molecule has 0 radical (unpaired) electrons. The number of ether oxygens (including phenoxy) is 1. The lowest BCUT2D eigenvalue weighted by Crippen LogP contribution is -2.50. The van der Waals surface area contributed by atoms with E-state index in [1.54, 1.807) is 0 Å². The first kappa shape index (κ1) is 19.6. The highest BCUT2D eigenvalue weighted by Crippen LogP contribution is 2.49. The molecule has 0 spiro atoms. The average Bonchev–Trinajstić information content (AvgIpc) is 2.26. The minimum atomic E-state index is -4.54. The fraction of sp³-hybridized carbons (Fsp3) is 0.923. The van der Waals surface area contributed by atoms with Crippen LogP contribution in [0.15, 0.2) is 5.11 Å². The van der Waals surface area contributed by atoms with Gasteiger partial charge in [-0.1, -0.05) is 39.7 Å². The van der Waals surface area contributed by atoms with Gasteiger partial charge >= 0.3 is 12.1 Å². The molecule has 0 rings (SSSR count). The minimum Gasteiger partial charge on any atom is -0.466 e. The van der Waals surface area contributed by atoms with Crippen molar-refractivity contribution in [3.8, 4) is 0 Å². The zero-order valence-corrected chi connectivity index (χ0v) is 13.0. The molecule has 1 unspecified atom stereocenters. The summed E-state index contributed by atoms with van der Waals surface area (Å²) in [6, 6.07) is 0. The molecule has 5 nitrogen and oxygen atoms in total. The summed E-state index contributed by atoms with van der Waals surface area (Å²) < 4.78 is 44.3. The highest BCUT2D eigenvalue weighted by atomic mass is 19.4. The average molecular weight is 309 g/mol. The van der Waals surface area contributed by atoms with Gasteiger partial charge in [-0.3, -0.25) is 4.79 Å². The highest BCUT2D eigenvalue weighted by molar-refractivity contribution is 5.69. The molecule has 0 aliphatic rings. The molecule has 0 aromatic carbocycles. The minimum absolute atomic E-state index is 0.104. The van der Waals surface area contributed by atoms with E-state index in [2.05, 4.69) is 10.0 Å². The SMILES string of the molecule is CC(C)CC(=O)OCCC(C)(N=[N+]=[N-])C(C)(C)C(F)(F)F. The number of nitrogens with zero attached hydrogens (tertiary/aromatic N) is 3. The Bertz CT molecular complexity index is 415. The first-order chi connectivity index (χ1) is 9.37. The van der Waals surface area contributed by atoms with Gasteiger partial charge in [-0.15, -0.1) is 0 Å². The Kier molecular flexibility index (Phi) is 6.54. The summed E-state index contributed by atoms with van der Waals surface area (Å²) in [4.78, 5) is 13.9. The quantitative estimate of drug-likeness (QED) is 0.298. The van der Waals surface area contributed by atoms with Crippen molar-refractivity contribution in [2.24, 2.45) is 16.4 Å². The summed E-state index contributed by atoms with van der Waals surface area (Å²) in [5.74, 6) is -0.370. The molecule has 0 saturated carbocycles. The number of esters is 1. The highest BCUT2D eigenvalue weighted by Gasteiger charge is 2.58. The van der Waals surface area contributed by atoms with E-state index < -0.39 is 23.1 Å². The zero-order valence-electron chi connectivity index (χ0n) is 13.0. The van der Waals surface area contributed by atoms with Gasteiger partial charge in [-0.25, -0.2) is 0 Å². The van der Waals surface area contributed by atoms with Crippen molar-refractivity contribution < 1.29 is 22.7 Å². The Morgan fingerprint density at radius 3 is 2.19 bits per heavy atom. The van der Waals surface area contributed by atoms with Gasteiger partial charge in [0, 0.05) is 11.3 Å². The molecule has 8 heteroatoms. The number of hydrogen-bond donors (Lipinski definition) is 0. The molecule has 0 amide bonds. The largest absolute Gasteiger partial charge is 0.466 e. The second-order valence-electron chi connectivity index (χ2n) is 6.15. The van der Waals surface area contributed by atoms with Crippen molar-refractivity contribution in [2.45, 2.75) is 59.2 Å². The lowest BCUT2D eigenvalue weighted by Gasteiger charge is -2.41. The Hall–Kier alpha value is -1.43. The van der Waals surface area contributed by atoms with Gasteiger partial charge in [0.15, 0.2) is 0 Å². The fourth-order valence-corrected chi connectivity index (χ4v) is 1.65. The predicted molar refractivity (Wildman–Crippen MR) is 72.4 cm³/mol. The first-order valence-electron chi connectivity index (χ1n) is 6.66. The van der Waals surface area contributed by atoms with Crippen LogP contribution in [0.1, 0.15) is 47.5 Å². The zero-order chi connectivity index (χ0) is 16.9. The van der Waals surface area contributed by atoms with Crippen LogP contribution in [0.2, 0.25) is 0 Å². The third kappa shape index (κ3) is 5.12. The van der Waals surface area contributed by atoms with Gasteiger partial charge in [-0.05, 0) is 17.9 Å². The smallest absolute Gasteiger partial charge is 0.394 e. The van der Waals surface area contributed by atoms with Crippen LogP contribution in [-0.4, -0.2) is 24.3 Å². The number of carbonyl (C=O) groups excluding carboxylic acids is 1. The molecule has 0 fully saturated rings. The van der Waals surface area contributed by atoms with E-state index in [0.29, 0.717) is 0 Å². The van der Waals surface area contributed by atoms with Crippen LogP contribution >= 0.6 is 0 Å². The molecular weight excluding hydrogens is 287 g/mol. The molecule has 0 aliphatic carbocycles. The first-order valence-corrected chi connectivity index (χ1v) is 6.66. The Labute approximate surface area is 122 Å². The topological polar surface area (TPSA) is 75.1 Å². The van der Waals surface area contributed by atoms with Gasteiger partial charge in [-0.2, -0.15) is 13.2 Å². The summed E-state index contributed by atoms with van der Waals surface area (Å²) in [5, 5.41) is 3.32. The molecule has 21 heavy (non-hydrogen) atoms. The van der Waals surface area contributed by atoms with Crippen LogP contribution in [-0.2, 0) is 9.53 Å². The maximum Gasteiger partial charge on any atom is 0.394 e. The Morgan fingerprint density at radius 1 is 1.29 bits per heavy atom. The second kappa shape index (κ2) is 7.02. The predicted octanol–water partition coefficient (Wildman–Crippen LogP) is 4.62. The number of halogens is 3. The lowest BCUT2D eigenvalue weighted by atomic mass is 9.71. The monoisotopic (exact) mass is 309 g/mol. The van der Waals surface area contributed by atoms with E-state index in [4.69, 9.17) is 10.3 Å². The molecule has 0 saturated heterocycles. The molecule has 122 valence electrons. The van der Waals surface area contributed by atoms with Crippen LogP contribution in [0.25, 0.3) is 10.4 Å². The van der Waals surface area contributed by atoms with E-state index in [1.807, 2.05) is 13.8 Å². The normalized spacial score (nSPS) is 15.3. The van der Waals surface area contributed by atoms with Crippen molar-refractivity contribution in [1.29, 1.82) is 0 Å². The van der Waals surface area contributed by atoms with Crippen LogP contribution in [0.4, 0.5) is 13.2 Å². The number of carbonyl (C=O) groups is 1. The van der Waals surface area contributed by atoms with Crippen LogP contribution in [0.5, 0.6) is 0 Å². The molecule has 0 N–H and O–H groups in total. The van der Waals surface area contributed by atoms with Gasteiger partial charge in [0.05, 0.1) is 17.6 Å². The number of alkyl halides is 3. The van der Waals surface area contributed by atoms with E-state index in [9.17, 15) is 18.0 Å². The Morgan fingerprint density at radius 2 is 1.81 bits per heavy atom. The van der Waals surface area contributed by atoms with Crippen molar-refractivity contribution in [3.05, 3.63) is 10.4 Å². The van der Waals surface area contributed by atoms with Crippen molar-refractivity contribution in [2.75, 3.05) is 6.61 Å². The molecule has 0 aromatic rings. The third-order valence-corrected chi connectivity index (χ3v) is 3.75. The third-order valence-electron chi connectivity index (χ3n) is 3.75. The van der Waals surface area contributed by atoms with E-state index in [0.717, 1.165) is 13.8 Å². The molecule has 0 aromatic heterocycles. The standard InChI is InChI=1S/C13H22F3N3O2/c1-9(2)8-10(20)21-7-6-12(5,18-19-17)11(3,4)13(14,15)16/h9H,6-8H2,1-5H3. The van der Waals surface area contributed by atoms with Gasteiger partial charge < -0.3 is 4.74 Å². The summed E-state index contributed by atoms with van der Waals surface area (Å²) in [5.41, 5.74) is 4.56. The summed E-state index contributed by atoms with van der Waals surface area (Å²) in [7, 11) is 0. The maximum atomic E-state index is 13.1. The Balaban J connectivity index is 4.93. The van der Waals surface area contributed by atoms with E-state index >= 15 is 0 Å². The number of hydrogen-bond acceptors (Lipinski definition) is 3. The maximum absolute atomic E-state index is 13.1. The summed E-state index contributed by atoms with van der Waals surface area (Å²) in [6.07, 6.45) is -4.55. The molecule has 0 bridgehead atoms. The van der Waals surface area contributed by atoms with Crippen molar-refractivity contribution in [1.82, 2.24) is 0 Å². The molecule has 0 aliphatic heterocycles. The number of rotatable bonds is 7. The van der Waals surface area contributed by atoms with E-state index in [1.165, 1.54) is 6.92 Å². The number of azide groups is 1. The van der Waals surface area contributed by atoms with Gasteiger partial charge in [0.1, 0.15) is 0 Å². The summed E-state index contributed by atoms with van der Waals surface area (Å²) >= 11 is 0. The van der Waals surface area contributed by atoms with Crippen LogP contribution in [0, 0.1) is 11.3 Å². The molecular formula is C13H22F3N3O2. The van der Waals surface area contributed by atoms with Crippen LogP contribution in [0.3, 0.4) is 0 Å². The van der Waals surface area contributed by atoms with Crippen LogP contribution < -0.4 is 0 Å².